The highest BCUT2D eigenvalue weighted by Crippen LogP contribution is 2.22. The highest BCUT2D eigenvalue weighted by molar-refractivity contribution is 6.30. The molecule has 1 aromatic carbocycles. The van der Waals surface area contributed by atoms with E-state index >= 15 is 0 Å². The van der Waals surface area contributed by atoms with Gasteiger partial charge in [-0.05, 0) is 70.1 Å². The van der Waals surface area contributed by atoms with Crippen molar-refractivity contribution in [2.24, 2.45) is 5.92 Å². The van der Waals surface area contributed by atoms with Crippen molar-refractivity contribution in [3.63, 3.8) is 0 Å². The third-order valence-electron chi connectivity index (χ3n) is 4.28. The molecule has 1 heterocycles. The fourth-order valence-electron chi connectivity index (χ4n) is 3.09. The summed E-state index contributed by atoms with van der Waals surface area (Å²) in [6.45, 7) is 4.46. The van der Waals surface area contributed by atoms with Crippen LogP contribution in [0.3, 0.4) is 0 Å². The topological polar surface area (TPSA) is 26.7 Å². The van der Waals surface area contributed by atoms with Crippen LogP contribution in [-0.4, -0.2) is 55.2 Å². The van der Waals surface area contributed by atoms with Crippen molar-refractivity contribution in [3.05, 3.63) is 34.9 Å². The van der Waals surface area contributed by atoms with Gasteiger partial charge in [0.1, 0.15) is 0 Å². The molecule has 4 heteroatoms. The molecule has 0 saturated carbocycles. The second-order valence-corrected chi connectivity index (χ2v) is 6.84. The summed E-state index contributed by atoms with van der Waals surface area (Å²) in [6, 6.07) is 7.54. The summed E-state index contributed by atoms with van der Waals surface area (Å²) in [5.74, 6) is 0.828. The molecular formula is C17H27ClN2O. The lowest BCUT2D eigenvalue weighted by Crippen LogP contribution is -2.37. The number of piperidine rings is 1. The maximum Gasteiger partial charge on any atom is 0.0802 e. The van der Waals surface area contributed by atoms with E-state index in [-0.39, 0.29) is 0 Å². The van der Waals surface area contributed by atoms with E-state index in [1.165, 1.54) is 19.4 Å². The zero-order valence-corrected chi connectivity index (χ0v) is 13.9. The van der Waals surface area contributed by atoms with Gasteiger partial charge in [0, 0.05) is 18.1 Å². The molecular weight excluding hydrogens is 284 g/mol. The van der Waals surface area contributed by atoms with Gasteiger partial charge in [0.2, 0.25) is 0 Å². The molecule has 2 rings (SSSR count). The molecule has 1 N–H and O–H groups in total. The van der Waals surface area contributed by atoms with Gasteiger partial charge in [0.25, 0.3) is 0 Å². The lowest BCUT2D eigenvalue weighted by molar-refractivity contribution is 0.117. The SMILES string of the molecule is CN(C)CC1CCN(CCC(O)c2cccc(Cl)c2)CC1. The molecule has 0 amide bonds. The van der Waals surface area contributed by atoms with Gasteiger partial charge in [0.15, 0.2) is 0 Å². The molecule has 0 aliphatic carbocycles. The van der Waals surface area contributed by atoms with Gasteiger partial charge in [-0.1, -0.05) is 23.7 Å². The molecule has 1 aliphatic heterocycles. The van der Waals surface area contributed by atoms with E-state index in [0.717, 1.165) is 37.5 Å². The zero-order valence-electron chi connectivity index (χ0n) is 13.1. The zero-order chi connectivity index (χ0) is 15.2. The van der Waals surface area contributed by atoms with Crippen LogP contribution < -0.4 is 0 Å². The number of aliphatic hydroxyl groups is 1. The van der Waals surface area contributed by atoms with Gasteiger partial charge in [-0.3, -0.25) is 0 Å². The molecule has 1 aliphatic rings. The molecule has 0 spiro atoms. The van der Waals surface area contributed by atoms with Gasteiger partial charge < -0.3 is 14.9 Å². The van der Waals surface area contributed by atoms with E-state index in [9.17, 15) is 5.11 Å². The Kier molecular flexibility index (Phi) is 6.49. The first-order chi connectivity index (χ1) is 10.0. The number of rotatable bonds is 6. The van der Waals surface area contributed by atoms with Crippen LogP contribution in [-0.2, 0) is 0 Å². The largest absolute Gasteiger partial charge is 0.388 e. The average Bonchev–Trinajstić information content (AvgIpc) is 2.45. The van der Waals surface area contributed by atoms with Gasteiger partial charge in [0.05, 0.1) is 6.10 Å². The molecule has 21 heavy (non-hydrogen) atoms. The van der Waals surface area contributed by atoms with E-state index in [0.29, 0.717) is 5.02 Å². The molecule has 1 unspecified atom stereocenters. The minimum Gasteiger partial charge on any atom is -0.388 e. The minimum absolute atomic E-state index is 0.414. The number of benzene rings is 1. The number of hydrogen-bond donors (Lipinski definition) is 1. The van der Waals surface area contributed by atoms with Crippen LogP contribution in [0, 0.1) is 5.92 Å². The van der Waals surface area contributed by atoms with Gasteiger partial charge in [-0.15, -0.1) is 0 Å². The van der Waals surface area contributed by atoms with Crippen molar-refractivity contribution in [1.82, 2.24) is 9.80 Å². The fourth-order valence-corrected chi connectivity index (χ4v) is 3.29. The summed E-state index contributed by atoms with van der Waals surface area (Å²) in [5.41, 5.74) is 0.921. The Morgan fingerprint density at radius 1 is 1.33 bits per heavy atom. The molecule has 0 radical (unpaired) electrons. The minimum atomic E-state index is -0.414. The summed E-state index contributed by atoms with van der Waals surface area (Å²) in [6.07, 6.45) is 2.90. The molecule has 0 aromatic heterocycles. The molecule has 1 fully saturated rings. The van der Waals surface area contributed by atoms with Crippen molar-refractivity contribution in [1.29, 1.82) is 0 Å². The van der Waals surface area contributed by atoms with Crippen molar-refractivity contribution in [3.8, 4) is 0 Å². The van der Waals surface area contributed by atoms with Gasteiger partial charge >= 0.3 is 0 Å². The van der Waals surface area contributed by atoms with Gasteiger partial charge in [-0.25, -0.2) is 0 Å². The van der Waals surface area contributed by atoms with Crippen LogP contribution in [0.15, 0.2) is 24.3 Å². The van der Waals surface area contributed by atoms with Crippen LogP contribution in [0.25, 0.3) is 0 Å². The standard InChI is InChI=1S/C17H27ClN2O/c1-19(2)13-14-6-9-20(10-7-14)11-8-17(21)15-4-3-5-16(18)12-15/h3-5,12,14,17,21H,6-11,13H2,1-2H3. The smallest absolute Gasteiger partial charge is 0.0802 e. The lowest BCUT2D eigenvalue weighted by Gasteiger charge is -2.33. The average molecular weight is 311 g/mol. The first-order valence-electron chi connectivity index (χ1n) is 7.85. The highest BCUT2D eigenvalue weighted by Gasteiger charge is 2.20. The van der Waals surface area contributed by atoms with Crippen molar-refractivity contribution < 1.29 is 5.11 Å². The quantitative estimate of drug-likeness (QED) is 0.875. The Hall–Kier alpha value is -0.610. The maximum absolute atomic E-state index is 10.3. The molecule has 1 saturated heterocycles. The normalized spacial score (nSPS) is 19.1. The summed E-state index contributed by atoms with van der Waals surface area (Å²) in [5, 5.41) is 10.9. The first-order valence-corrected chi connectivity index (χ1v) is 8.23. The second-order valence-electron chi connectivity index (χ2n) is 6.41. The summed E-state index contributed by atoms with van der Waals surface area (Å²) in [4.78, 5) is 4.75. The van der Waals surface area contributed by atoms with Gasteiger partial charge in [-0.2, -0.15) is 0 Å². The van der Waals surface area contributed by atoms with E-state index in [2.05, 4.69) is 23.9 Å². The first kappa shape index (κ1) is 16.8. The van der Waals surface area contributed by atoms with Crippen LogP contribution in [0.2, 0.25) is 5.02 Å². The summed E-state index contributed by atoms with van der Waals surface area (Å²) in [7, 11) is 4.29. The van der Waals surface area contributed by atoms with E-state index in [1.54, 1.807) is 0 Å². The third-order valence-corrected chi connectivity index (χ3v) is 4.52. The Balaban J connectivity index is 1.72. The molecule has 1 aromatic rings. The monoisotopic (exact) mass is 310 g/mol. The fraction of sp³-hybridized carbons (Fsp3) is 0.647. The molecule has 118 valence electrons. The Labute approximate surface area is 133 Å². The van der Waals surface area contributed by atoms with Crippen molar-refractivity contribution in [2.75, 3.05) is 40.3 Å². The molecule has 1 atom stereocenters. The van der Waals surface area contributed by atoms with E-state index in [4.69, 9.17) is 11.6 Å². The Morgan fingerprint density at radius 3 is 2.67 bits per heavy atom. The lowest BCUT2D eigenvalue weighted by atomic mass is 9.96. The van der Waals surface area contributed by atoms with E-state index < -0.39 is 6.10 Å². The van der Waals surface area contributed by atoms with Crippen molar-refractivity contribution >= 4 is 11.6 Å². The number of hydrogen-bond acceptors (Lipinski definition) is 3. The second kappa shape index (κ2) is 8.14. The number of likely N-dealkylation sites (tertiary alicyclic amines) is 1. The number of nitrogens with zero attached hydrogens (tertiary/aromatic N) is 2. The van der Waals surface area contributed by atoms with Crippen LogP contribution in [0.5, 0.6) is 0 Å². The van der Waals surface area contributed by atoms with Crippen LogP contribution >= 0.6 is 11.6 Å². The Bertz CT molecular complexity index is 431. The Morgan fingerprint density at radius 2 is 2.05 bits per heavy atom. The predicted octanol–water partition coefficient (Wildman–Crippen LogP) is 3.04. The highest BCUT2D eigenvalue weighted by atomic mass is 35.5. The van der Waals surface area contributed by atoms with Crippen LogP contribution in [0.4, 0.5) is 0 Å². The molecule has 3 nitrogen and oxygen atoms in total. The summed E-state index contributed by atoms with van der Waals surface area (Å²) >= 11 is 5.97. The predicted molar refractivity (Wildman–Crippen MR) is 88.7 cm³/mol. The molecule has 0 bridgehead atoms. The summed E-state index contributed by atoms with van der Waals surface area (Å²) < 4.78 is 0. The number of halogens is 1. The van der Waals surface area contributed by atoms with E-state index in [1.807, 2.05) is 24.3 Å². The third kappa shape index (κ3) is 5.59. The maximum atomic E-state index is 10.3. The van der Waals surface area contributed by atoms with Crippen LogP contribution in [0.1, 0.15) is 30.9 Å². The number of aliphatic hydroxyl groups excluding tert-OH is 1. The van der Waals surface area contributed by atoms with Crippen molar-refractivity contribution in [2.45, 2.75) is 25.4 Å².